The van der Waals surface area contributed by atoms with E-state index in [1.807, 2.05) is 19.0 Å². The summed E-state index contributed by atoms with van der Waals surface area (Å²) in [5.74, 6) is 0.846. The highest BCUT2D eigenvalue weighted by molar-refractivity contribution is 7.13. The lowest BCUT2D eigenvalue weighted by atomic mass is 10.3. The van der Waals surface area contributed by atoms with Crippen molar-refractivity contribution >= 4 is 33.8 Å². The topological polar surface area (TPSA) is 52.6 Å². The first-order valence-corrected chi connectivity index (χ1v) is 9.11. The molecule has 0 aliphatic rings. The average Bonchev–Trinajstić information content (AvgIpc) is 3.16. The maximum Gasteiger partial charge on any atom is 0.191 e. The van der Waals surface area contributed by atoms with Gasteiger partial charge in [-0.2, -0.15) is 0 Å². The van der Waals surface area contributed by atoms with Crippen LogP contribution in [0.15, 0.2) is 27.9 Å². The van der Waals surface area contributed by atoms with Gasteiger partial charge in [-0.15, -0.1) is 22.7 Å². The van der Waals surface area contributed by atoms with Gasteiger partial charge in [-0.3, -0.25) is 0 Å². The number of guanidine groups is 1. The Balaban J connectivity index is 1.85. The van der Waals surface area contributed by atoms with Crippen LogP contribution in [0.3, 0.4) is 0 Å². The first kappa shape index (κ1) is 16.8. The standard InChI is InChI=1S/C15H23N5S2/c1-4-16-14(17-8-7-13-6-5-9-21-13)18-10-12-11-22-15(19-12)20(2)3/h5-6,9,11H,4,7-8,10H2,1-3H3,(H2,16,17,18). The van der Waals surface area contributed by atoms with Crippen LogP contribution in [0.2, 0.25) is 0 Å². The molecule has 120 valence electrons. The summed E-state index contributed by atoms with van der Waals surface area (Å²) in [5.41, 5.74) is 1.00. The van der Waals surface area contributed by atoms with Crippen molar-refractivity contribution in [2.75, 3.05) is 32.1 Å². The second-order valence-corrected chi connectivity index (χ2v) is 6.84. The minimum absolute atomic E-state index is 0.596. The van der Waals surface area contributed by atoms with Gasteiger partial charge in [0.1, 0.15) is 0 Å². The van der Waals surface area contributed by atoms with E-state index >= 15 is 0 Å². The van der Waals surface area contributed by atoms with Gasteiger partial charge in [0.15, 0.2) is 11.1 Å². The van der Waals surface area contributed by atoms with Crippen molar-refractivity contribution in [2.24, 2.45) is 4.99 Å². The smallest absolute Gasteiger partial charge is 0.191 e. The number of rotatable bonds is 7. The van der Waals surface area contributed by atoms with E-state index in [0.29, 0.717) is 6.54 Å². The van der Waals surface area contributed by atoms with Crippen LogP contribution in [0.25, 0.3) is 0 Å². The average molecular weight is 338 g/mol. The van der Waals surface area contributed by atoms with Crippen LogP contribution >= 0.6 is 22.7 Å². The number of nitrogens with zero attached hydrogens (tertiary/aromatic N) is 3. The van der Waals surface area contributed by atoms with Gasteiger partial charge in [0.25, 0.3) is 0 Å². The first-order valence-electron chi connectivity index (χ1n) is 7.35. The van der Waals surface area contributed by atoms with E-state index in [-0.39, 0.29) is 0 Å². The van der Waals surface area contributed by atoms with E-state index in [9.17, 15) is 0 Å². The molecule has 0 aliphatic heterocycles. The number of hydrogen-bond acceptors (Lipinski definition) is 5. The molecular formula is C15H23N5S2. The zero-order valence-electron chi connectivity index (χ0n) is 13.3. The second-order valence-electron chi connectivity index (χ2n) is 4.97. The normalized spacial score (nSPS) is 11.5. The summed E-state index contributed by atoms with van der Waals surface area (Å²) in [6, 6.07) is 4.25. The van der Waals surface area contributed by atoms with Crippen molar-refractivity contribution in [1.82, 2.24) is 15.6 Å². The molecule has 0 saturated carbocycles. The van der Waals surface area contributed by atoms with Crippen molar-refractivity contribution in [3.05, 3.63) is 33.5 Å². The maximum atomic E-state index is 4.60. The molecule has 5 nitrogen and oxygen atoms in total. The number of aliphatic imine (C=N–C) groups is 1. The van der Waals surface area contributed by atoms with Gasteiger partial charge in [-0.05, 0) is 24.8 Å². The Kier molecular flexibility index (Phi) is 6.67. The molecule has 0 atom stereocenters. The molecule has 0 bridgehead atoms. The highest BCUT2D eigenvalue weighted by atomic mass is 32.1. The third-order valence-corrected chi connectivity index (χ3v) is 4.90. The van der Waals surface area contributed by atoms with E-state index in [1.54, 1.807) is 22.7 Å². The van der Waals surface area contributed by atoms with Gasteiger partial charge in [0, 0.05) is 37.4 Å². The fourth-order valence-electron chi connectivity index (χ4n) is 1.84. The van der Waals surface area contributed by atoms with Crippen LogP contribution < -0.4 is 15.5 Å². The molecule has 2 heterocycles. The molecule has 0 fully saturated rings. The minimum Gasteiger partial charge on any atom is -0.357 e. The molecule has 0 amide bonds. The van der Waals surface area contributed by atoms with E-state index in [1.165, 1.54) is 4.88 Å². The van der Waals surface area contributed by atoms with Crippen LogP contribution in [0, 0.1) is 0 Å². The number of thiophene rings is 1. The number of anilines is 1. The fourth-order valence-corrected chi connectivity index (χ4v) is 3.29. The van der Waals surface area contributed by atoms with E-state index in [0.717, 1.165) is 36.3 Å². The molecule has 0 spiro atoms. The molecule has 7 heteroatoms. The van der Waals surface area contributed by atoms with Crippen molar-refractivity contribution in [2.45, 2.75) is 19.9 Å². The van der Waals surface area contributed by atoms with Crippen molar-refractivity contribution in [3.8, 4) is 0 Å². The summed E-state index contributed by atoms with van der Waals surface area (Å²) in [5, 5.41) is 11.8. The van der Waals surface area contributed by atoms with Crippen molar-refractivity contribution in [3.63, 3.8) is 0 Å². The van der Waals surface area contributed by atoms with Crippen molar-refractivity contribution in [1.29, 1.82) is 0 Å². The molecule has 0 aliphatic carbocycles. The molecular weight excluding hydrogens is 314 g/mol. The van der Waals surface area contributed by atoms with Gasteiger partial charge in [0.2, 0.25) is 0 Å². The molecule has 22 heavy (non-hydrogen) atoms. The van der Waals surface area contributed by atoms with E-state index in [2.05, 4.69) is 50.4 Å². The van der Waals surface area contributed by atoms with Gasteiger partial charge in [-0.1, -0.05) is 6.07 Å². The highest BCUT2D eigenvalue weighted by Crippen LogP contribution is 2.18. The molecule has 0 unspecified atom stereocenters. The largest absolute Gasteiger partial charge is 0.357 e. The Morgan fingerprint density at radius 2 is 2.18 bits per heavy atom. The second kappa shape index (κ2) is 8.75. The minimum atomic E-state index is 0.596. The Hall–Kier alpha value is -1.60. The molecule has 0 radical (unpaired) electrons. The summed E-state index contributed by atoms with van der Waals surface area (Å²) < 4.78 is 0. The number of hydrogen-bond donors (Lipinski definition) is 2. The zero-order chi connectivity index (χ0) is 15.8. The Bertz CT molecular complexity index is 575. The van der Waals surface area contributed by atoms with E-state index < -0.39 is 0 Å². The molecule has 2 rings (SSSR count). The molecule has 2 aromatic rings. The quantitative estimate of drug-likeness (QED) is 0.602. The SMILES string of the molecule is CCNC(=NCc1csc(N(C)C)n1)NCCc1cccs1. The van der Waals surface area contributed by atoms with Crippen LogP contribution in [0.1, 0.15) is 17.5 Å². The van der Waals surface area contributed by atoms with Crippen LogP contribution in [-0.4, -0.2) is 38.1 Å². The van der Waals surface area contributed by atoms with Crippen LogP contribution in [0.4, 0.5) is 5.13 Å². The summed E-state index contributed by atoms with van der Waals surface area (Å²) in [4.78, 5) is 12.5. The fraction of sp³-hybridized carbons (Fsp3) is 0.467. The van der Waals surface area contributed by atoms with Gasteiger partial charge < -0.3 is 15.5 Å². The maximum absolute atomic E-state index is 4.60. The molecule has 0 aromatic carbocycles. The molecule has 0 saturated heterocycles. The lowest BCUT2D eigenvalue weighted by Gasteiger charge is -2.10. The molecule has 2 aromatic heterocycles. The van der Waals surface area contributed by atoms with Crippen LogP contribution in [-0.2, 0) is 13.0 Å². The third-order valence-electron chi connectivity index (χ3n) is 2.91. The Morgan fingerprint density at radius 1 is 1.32 bits per heavy atom. The molecule has 2 N–H and O–H groups in total. The first-order chi connectivity index (χ1) is 10.7. The summed E-state index contributed by atoms with van der Waals surface area (Å²) in [6.07, 6.45) is 1.02. The zero-order valence-corrected chi connectivity index (χ0v) is 14.9. The lowest BCUT2D eigenvalue weighted by molar-refractivity contribution is 0.802. The third kappa shape index (κ3) is 5.31. The Labute approximate surface area is 140 Å². The van der Waals surface area contributed by atoms with Gasteiger partial charge in [-0.25, -0.2) is 9.98 Å². The monoisotopic (exact) mass is 337 g/mol. The summed E-state index contributed by atoms with van der Waals surface area (Å²) in [7, 11) is 4.00. The number of aromatic nitrogens is 1. The Morgan fingerprint density at radius 3 is 2.82 bits per heavy atom. The predicted octanol–water partition coefficient (Wildman–Crippen LogP) is 2.57. The van der Waals surface area contributed by atoms with Gasteiger partial charge in [0.05, 0.1) is 12.2 Å². The van der Waals surface area contributed by atoms with Crippen LogP contribution in [0.5, 0.6) is 0 Å². The summed E-state index contributed by atoms with van der Waals surface area (Å²) >= 11 is 3.43. The lowest BCUT2D eigenvalue weighted by Crippen LogP contribution is -2.38. The summed E-state index contributed by atoms with van der Waals surface area (Å²) in [6.45, 7) is 4.40. The van der Waals surface area contributed by atoms with E-state index in [4.69, 9.17) is 0 Å². The van der Waals surface area contributed by atoms with Gasteiger partial charge >= 0.3 is 0 Å². The highest BCUT2D eigenvalue weighted by Gasteiger charge is 2.04. The predicted molar refractivity (Wildman–Crippen MR) is 97.3 cm³/mol. The number of thiazole rings is 1. The number of nitrogens with one attached hydrogen (secondary N) is 2. The van der Waals surface area contributed by atoms with Crippen molar-refractivity contribution < 1.29 is 0 Å².